The summed E-state index contributed by atoms with van der Waals surface area (Å²) in [6, 6.07) is 5.22. The molecule has 0 bridgehead atoms. The number of carbonyl (C=O) groups is 2. The lowest BCUT2D eigenvalue weighted by Crippen LogP contribution is -2.36. The fourth-order valence-corrected chi connectivity index (χ4v) is 3.20. The molecule has 0 unspecified atom stereocenters. The normalized spacial score (nSPS) is 13.7. The molecule has 0 radical (unpaired) electrons. The van der Waals surface area contributed by atoms with Gasteiger partial charge in [0.2, 0.25) is 5.91 Å². The van der Waals surface area contributed by atoms with Crippen LogP contribution >= 0.6 is 11.8 Å². The molecule has 0 fully saturated rings. The van der Waals surface area contributed by atoms with E-state index >= 15 is 0 Å². The van der Waals surface area contributed by atoms with Crippen molar-refractivity contribution in [3.8, 4) is 0 Å². The zero-order chi connectivity index (χ0) is 16.1. The van der Waals surface area contributed by atoms with Crippen LogP contribution in [-0.4, -0.2) is 30.1 Å². The number of amides is 2. The first-order valence-corrected chi connectivity index (χ1v) is 8.22. The van der Waals surface area contributed by atoms with E-state index in [0.29, 0.717) is 17.9 Å². The second-order valence-corrected chi connectivity index (χ2v) is 6.08. The van der Waals surface area contributed by atoms with E-state index in [1.807, 2.05) is 6.07 Å². The van der Waals surface area contributed by atoms with Gasteiger partial charge in [0.25, 0.3) is 5.91 Å². The molecule has 0 atom stereocenters. The summed E-state index contributed by atoms with van der Waals surface area (Å²) in [5.74, 6) is -0.271. The standard InChI is InChI=1S/C15H20N4O2S/c1-2-3-4-7-19-11-8-10(14(21)18-15(16)17)5-6-12(11)22-9-13(19)20/h5-6,8H,2-4,7,9H2,1H3,(H4,16,17,18,21). The Morgan fingerprint density at radius 1 is 1.36 bits per heavy atom. The van der Waals surface area contributed by atoms with Crippen LogP contribution in [0.3, 0.4) is 0 Å². The third-order valence-corrected chi connectivity index (χ3v) is 4.41. The van der Waals surface area contributed by atoms with Crippen molar-refractivity contribution in [2.75, 3.05) is 17.2 Å². The minimum Gasteiger partial charge on any atom is -0.370 e. The Labute approximate surface area is 133 Å². The summed E-state index contributed by atoms with van der Waals surface area (Å²) in [7, 11) is 0. The Bertz CT molecular complexity index is 612. The predicted octanol–water partition coefficient (Wildman–Crippen LogP) is 1.73. The molecule has 1 heterocycles. The average Bonchev–Trinajstić information content (AvgIpc) is 2.48. The van der Waals surface area contributed by atoms with Crippen LogP contribution in [0.4, 0.5) is 5.69 Å². The van der Waals surface area contributed by atoms with E-state index in [1.54, 1.807) is 17.0 Å². The first-order chi connectivity index (χ1) is 10.5. The highest BCUT2D eigenvalue weighted by Crippen LogP contribution is 2.36. The lowest BCUT2D eigenvalue weighted by atomic mass is 10.1. The molecule has 0 spiro atoms. The van der Waals surface area contributed by atoms with Gasteiger partial charge in [-0.15, -0.1) is 11.8 Å². The third kappa shape index (κ3) is 3.79. The van der Waals surface area contributed by atoms with E-state index in [0.717, 1.165) is 29.8 Å². The van der Waals surface area contributed by atoms with Gasteiger partial charge >= 0.3 is 0 Å². The third-order valence-electron chi connectivity index (χ3n) is 3.36. The van der Waals surface area contributed by atoms with Gasteiger partial charge in [-0.25, -0.2) is 0 Å². The van der Waals surface area contributed by atoms with E-state index in [-0.39, 0.29) is 11.9 Å². The van der Waals surface area contributed by atoms with Crippen LogP contribution in [-0.2, 0) is 4.79 Å². The molecule has 1 aromatic rings. The molecule has 1 aliphatic heterocycles. The van der Waals surface area contributed by atoms with Crippen molar-refractivity contribution in [1.82, 2.24) is 0 Å². The SMILES string of the molecule is CCCCCN1C(=O)CSc2ccc(C(=O)N=C(N)N)cc21. The number of anilines is 1. The number of nitrogens with zero attached hydrogens (tertiary/aromatic N) is 2. The zero-order valence-corrected chi connectivity index (χ0v) is 13.4. The number of hydrogen-bond acceptors (Lipinski definition) is 3. The van der Waals surface area contributed by atoms with E-state index in [1.165, 1.54) is 11.8 Å². The van der Waals surface area contributed by atoms with E-state index in [9.17, 15) is 9.59 Å². The van der Waals surface area contributed by atoms with Gasteiger partial charge in [0.1, 0.15) is 0 Å². The Morgan fingerprint density at radius 2 is 2.14 bits per heavy atom. The lowest BCUT2D eigenvalue weighted by Gasteiger charge is -2.29. The molecule has 4 N–H and O–H groups in total. The molecule has 1 aromatic carbocycles. The molecule has 1 aliphatic rings. The first-order valence-electron chi connectivity index (χ1n) is 7.24. The fourth-order valence-electron chi connectivity index (χ4n) is 2.28. The van der Waals surface area contributed by atoms with Gasteiger partial charge in [0.15, 0.2) is 5.96 Å². The zero-order valence-electron chi connectivity index (χ0n) is 12.5. The average molecular weight is 320 g/mol. The lowest BCUT2D eigenvalue weighted by molar-refractivity contribution is -0.116. The van der Waals surface area contributed by atoms with Crippen LogP contribution in [0.25, 0.3) is 0 Å². The Kier molecular flexibility index (Phi) is 5.43. The van der Waals surface area contributed by atoms with Crippen molar-refractivity contribution in [3.63, 3.8) is 0 Å². The number of thioether (sulfide) groups is 1. The highest BCUT2D eigenvalue weighted by molar-refractivity contribution is 8.00. The van der Waals surface area contributed by atoms with E-state index < -0.39 is 5.91 Å². The highest BCUT2D eigenvalue weighted by atomic mass is 32.2. The van der Waals surface area contributed by atoms with Crippen LogP contribution in [0.15, 0.2) is 28.1 Å². The number of benzene rings is 1. The Balaban J connectivity index is 2.29. The topological polar surface area (TPSA) is 102 Å². The number of unbranched alkanes of at least 4 members (excludes halogenated alkanes) is 2. The smallest absolute Gasteiger partial charge is 0.280 e. The largest absolute Gasteiger partial charge is 0.370 e. The number of carbonyl (C=O) groups excluding carboxylic acids is 2. The summed E-state index contributed by atoms with van der Waals surface area (Å²) >= 11 is 1.49. The molecule has 2 amide bonds. The minimum absolute atomic E-state index is 0.0695. The Hall–Kier alpha value is -2.02. The maximum absolute atomic E-state index is 12.2. The molecular weight excluding hydrogens is 300 g/mol. The molecule has 2 rings (SSSR count). The van der Waals surface area contributed by atoms with Crippen molar-refractivity contribution in [2.24, 2.45) is 16.5 Å². The molecule has 7 heteroatoms. The molecular formula is C15H20N4O2S. The number of rotatable bonds is 5. The molecule has 0 saturated carbocycles. The van der Waals surface area contributed by atoms with Crippen LogP contribution < -0.4 is 16.4 Å². The molecule has 0 aliphatic carbocycles. The molecule has 0 saturated heterocycles. The second-order valence-electron chi connectivity index (χ2n) is 5.07. The molecule has 118 valence electrons. The van der Waals surface area contributed by atoms with Gasteiger partial charge in [0, 0.05) is 17.0 Å². The Morgan fingerprint density at radius 3 is 2.82 bits per heavy atom. The number of aliphatic imine (C=N–C) groups is 1. The van der Waals surface area contributed by atoms with Crippen molar-refractivity contribution < 1.29 is 9.59 Å². The number of guanidine groups is 1. The van der Waals surface area contributed by atoms with E-state index in [2.05, 4.69) is 11.9 Å². The van der Waals surface area contributed by atoms with Crippen molar-refractivity contribution in [2.45, 2.75) is 31.1 Å². The second kappa shape index (κ2) is 7.31. The van der Waals surface area contributed by atoms with Gasteiger partial charge in [0.05, 0.1) is 11.4 Å². The molecule has 6 nitrogen and oxygen atoms in total. The minimum atomic E-state index is -0.501. The van der Waals surface area contributed by atoms with Gasteiger partial charge in [-0.1, -0.05) is 19.8 Å². The van der Waals surface area contributed by atoms with Gasteiger partial charge in [-0.2, -0.15) is 4.99 Å². The quantitative estimate of drug-likeness (QED) is 0.489. The van der Waals surface area contributed by atoms with Gasteiger partial charge < -0.3 is 16.4 Å². The number of fused-ring (bicyclic) bond motifs is 1. The van der Waals surface area contributed by atoms with Crippen LogP contribution in [0.2, 0.25) is 0 Å². The monoisotopic (exact) mass is 320 g/mol. The first kappa shape index (κ1) is 16.4. The summed E-state index contributed by atoms with van der Waals surface area (Å²) in [5.41, 5.74) is 11.6. The maximum Gasteiger partial charge on any atom is 0.280 e. The van der Waals surface area contributed by atoms with Gasteiger partial charge in [-0.3, -0.25) is 9.59 Å². The molecule has 22 heavy (non-hydrogen) atoms. The summed E-state index contributed by atoms with van der Waals surface area (Å²) in [5, 5.41) is 0. The van der Waals surface area contributed by atoms with Gasteiger partial charge in [-0.05, 0) is 24.6 Å². The molecule has 0 aromatic heterocycles. The highest BCUT2D eigenvalue weighted by Gasteiger charge is 2.25. The van der Waals surface area contributed by atoms with Crippen LogP contribution in [0, 0.1) is 0 Å². The fraction of sp³-hybridized carbons (Fsp3) is 0.400. The van der Waals surface area contributed by atoms with Crippen molar-refractivity contribution in [1.29, 1.82) is 0 Å². The summed E-state index contributed by atoms with van der Waals surface area (Å²) in [6.07, 6.45) is 3.10. The summed E-state index contributed by atoms with van der Waals surface area (Å²) < 4.78 is 0. The summed E-state index contributed by atoms with van der Waals surface area (Å²) in [6.45, 7) is 2.79. The summed E-state index contributed by atoms with van der Waals surface area (Å²) in [4.78, 5) is 30.4. The van der Waals surface area contributed by atoms with Crippen molar-refractivity contribution in [3.05, 3.63) is 23.8 Å². The van der Waals surface area contributed by atoms with Crippen molar-refractivity contribution >= 4 is 35.2 Å². The predicted molar refractivity (Wildman–Crippen MR) is 89.2 cm³/mol. The number of hydrogen-bond donors (Lipinski definition) is 2. The van der Waals surface area contributed by atoms with Crippen LogP contribution in [0.1, 0.15) is 36.5 Å². The maximum atomic E-state index is 12.2. The number of nitrogens with two attached hydrogens (primary N) is 2. The van der Waals surface area contributed by atoms with E-state index in [4.69, 9.17) is 11.5 Å². The van der Waals surface area contributed by atoms with Crippen LogP contribution in [0.5, 0.6) is 0 Å².